The zero-order valence-corrected chi connectivity index (χ0v) is 9.09. The second-order valence-corrected chi connectivity index (χ2v) is 3.82. The molecule has 17 heavy (non-hydrogen) atoms. The summed E-state index contributed by atoms with van der Waals surface area (Å²) in [6.07, 6.45) is -7.92. The molecule has 1 aliphatic heterocycles. The van der Waals surface area contributed by atoms with E-state index in [0.717, 1.165) is 0 Å². The first-order valence-corrected chi connectivity index (χ1v) is 5.22. The van der Waals surface area contributed by atoms with Gasteiger partial charge in [-0.3, -0.25) is 0 Å². The highest BCUT2D eigenvalue weighted by molar-refractivity contribution is 4.89. The summed E-state index contributed by atoms with van der Waals surface area (Å²) in [5.41, 5.74) is 0. The van der Waals surface area contributed by atoms with E-state index in [2.05, 4.69) is 0 Å². The number of aliphatic hydroxyl groups excluding tert-OH is 6. The van der Waals surface area contributed by atoms with Crippen LogP contribution in [0.3, 0.4) is 0 Å². The molecule has 1 fully saturated rings. The molecule has 1 heterocycles. The Bertz CT molecular complexity index is 217. The summed E-state index contributed by atoms with van der Waals surface area (Å²) in [5.74, 6) is 0. The Hall–Kier alpha value is -0.320. The van der Waals surface area contributed by atoms with Crippen LogP contribution < -0.4 is 0 Å². The van der Waals surface area contributed by atoms with Gasteiger partial charge in [0.2, 0.25) is 0 Å². The van der Waals surface area contributed by atoms with Crippen LogP contribution in [-0.2, 0) is 9.47 Å². The molecule has 0 radical (unpaired) electrons. The molecule has 0 saturated carbocycles. The third-order valence-electron chi connectivity index (χ3n) is 2.58. The highest BCUT2D eigenvalue weighted by Gasteiger charge is 2.44. The third-order valence-corrected chi connectivity index (χ3v) is 2.58. The predicted octanol–water partition coefficient (Wildman–Crippen LogP) is -3.84. The molecule has 5 atom stereocenters. The molecule has 0 spiro atoms. The van der Waals surface area contributed by atoms with E-state index in [1.165, 1.54) is 0 Å². The molecule has 0 aromatic heterocycles. The van der Waals surface area contributed by atoms with Crippen molar-refractivity contribution in [1.29, 1.82) is 0 Å². The van der Waals surface area contributed by atoms with Crippen LogP contribution in [0.5, 0.6) is 0 Å². The smallest absolute Gasteiger partial charge is 0.187 e. The van der Waals surface area contributed by atoms with E-state index < -0.39 is 56.6 Å². The minimum Gasteiger partial charge on any atom is -0.394 e. The van der Waals surface area contributed by atoms with Crippen LogP contribution in [0.1, 0.15) is 0 Å². The maximum Gasteiger partial charge on any atom is 0.187 e. The first-order chi connectivity index (χ1) is 8.04. The molecule has 6 N–H and O–H groups in total. The van der Waals surface area contributed by atoms with E-state index >= 15 is 0 Å². The molecule has 0 aliphatic carbocycles. The first-order valence-electron chi connectivity index (χ1n) is 5.22. The van der Waals surface area contributed by atoms with Crippen molar-refractivity contribution < 1.29 is 40.1 Å². The maximum absolute atomic E-state index is 9.56. The van der Waals surface area contributed by atoms with Crippen molar-refractivity contribution in [3.63, 3.8) is 0 Å². The van der Waals surface area contributed by atoms with E-state index in [9.17, 15) is 15.3 Å². The highest BCUT2D eigenvalue weighted by atomic mass is 16.7. The zero-order valence-electron chi connectivity index (χ0n) is 9.09. The minimum atomic E-state index is -1.54. The van der Waals surface area contributed by atoms with E-state index in [1.807, 2.05) is 0 Å². The molecular formula is C9H18O8. The quantitative estimate of drug-likeness (QED) is 0.293. The van der Waals surface area contributed by atoms with E-state index in [-0.39, 0.29) is 0 Å². The normalized spacial score (nSPS) is 38.6. The van der Waals surface area contributed by atoms with Crippen molar-refractivity contribution in [1.82, 2.24) is 0 Å². The lowest BCUT2D eigenvalue weighted by atomic mass is 9.99. The molecule has 8 nitrogen and oxygen atoms in total. The summed E-state index contributed by atoms with van der Waals surface area (Å²) in [5, 5.41) is 55.0. The molecule has 102 valence electrons. The van der Waals surface area contributed by atoms with E-state index in [1.54, 1.807) is 0 Å². The minimum absolute atomic E-state index is 0.495. The molecule has 3 unspecified atom stereocenters. The number of ether oxygens (including phenoxy) is 2. The predicted molar refractivity (Wildman–Crippen MR) is 52.8 cm³/mol. The summed E-state index contributed by atoms with van der Waals surface area (Å²) >= 11 is 0. The Morgan fingerprint density at radius 3 is 2.00 bits per heavy atom. The number of aliphatic hydroxyl groups is 6. The van der Waals surface area contributed by atoms with Gasteiger partial charge in [0.1, 0.15) is 30.5 Å². The Kier molecular flexibility index (Phi) is 5.70. The Labute approximate surface area is 97.6 Å². The van der Waals surface area contributed by atoms with Gasteiger partial charge in [-0.25, -0.2) is 0 Å². The fourth-order valence-electron chi connectivity index (χ4n) is 1.51. The number of rotatable bonds is 5. The SMILES string of the molecule is OCC(CO)OC1OC(CO)[C@@H](O)[C@H](O)C1O. The van der Waals surface area contributed by atoms with Gasteiger partial charge in [-0.15, -0.1) is 0 Å². The van der Waals surface area contributed by atoms with Gasteiger partial charge in [0.05, 0.1) is 19.8 Å². The van der Waals surface area contributed by atoms with Crippen molar-refractivity contribution in [3.8, 4) is 0 Å². The third kappa shape index (κ3) is 3.33. The topological polar surface area (TPSA) is 140 Å². The lowest BCUT2D eigenvalue weighted by molar-refractivity contribution is -0.315. The van der Waals surface area contributed by atoms with Crippen molar-refractivity contribution in [2.24, 2.45) is 0 Å². The summed E-state index contributed by atoms with van der Waals surface area (Å²) in [6, 6.07) is 0. The molecule has 1 rings (SSSR count). The fourth-order valence-corrected chi connectivity index (χ4v) is 1.51. The number of hydrogen-bond acceptors (Lipinski definition) is 8. The molecular weight excluding hydrogens is 236 g/mol. The van der Waals surface area contributed by atoms with Gasteiger partial charge < -0.3 is 40.1 Å². The monoisotopic (exact) mass is 254 g/mol. The van der Waals surface area contributed by atoms with Crippen LogP contribution in [0, 0.1) is 0 Å². The Balaban J connectivity index is 2.65. The van der Waals surface area contributed by atoms with Crippen LogP contribution >= 0.6 is 0 Å². The maximum atomic E-state index is 9.56. The Morgan fingerprint density at radius 2 is 1.53 bits per heavy atom. The second-order valence-electron chi connectivity index (χ2n) is 3.82. The van der Waals surface area contributed by atoms with Gasteiger partial charge in [-0.05, 0) is 0 Å². The van der Waals surface area contributed by atoms with Crippen LogP contribution in [0.25, 0.3) is 0 Å². The second kappa shape index (κ2) is 6.57. The summed E-state index contributed by atoms with van der Waals surface area (Å²) in [7, 11) is 0. The van der Waals surface area contributed by atoms with Crippen molar-refractivity contribution in [2.75, 3.05) is 19.8 Å². The average Bonchev–Trinajstić information content (AvgIpc) is 2.35. The summed E-state index contributed by atoms with van der Waals surface area (Å²) in [6.45, 7) is -1.55. The standard InChI is InChI=1S/C9H18O8/c10-1-4(2-11)16-9-8(15)7(14)6(13)5(3-12)17-9/h4-15H,1-3H2/t5?,6-,7+,8?,9?/m1/s1. The van der Waals surface area contributed by atoms with Crippen LogP contribution in [0.2, 0.25) is 0 Å². The molecule has 0 aromatic carbocycles. The first kappa shape index (κ1) is 14.7. The van der Waals surface area contributed by atoms with Gasteiger partial charge in [0.15, 0.2) is 6.29 Å². The average molecular weight is 254 g/mol. The van der Waals surface area contributed by atoms with Crippen molar-refractivity contribution in [2.45, 2.75) is 36.8 Å². The lowest BCUT2D eigenvalue weighted by Crippen LogP contribution is -2.60. The molecule has 1 saturated heterocycles. The van der Waals surface area contributed by atoms with Crippen LogP contribution in [0.4, 0.5) is 0 Å². The summed E-state index contributed by atoms with van der Waals surface area (Å²) in [4.78, 5) is 0. The zero-order chi connectivity index (χ0) is 13.0. The fraction of sp³-hybridized carbons (Fsp3) is 1.00. The number of hydrogen-bond donors (Lipinski definition) is 6. The van der Waals surface area contributed by atoms with Gasteiger partial charge in [0, 0.05) is 0 Å². The van der Waals surface area contributed by atoms with Gasteiger partial charge in [-0.2, -0.15) is 0 Å². The summed E-state index contributed by atoms with van der Waals surface area (Å²) < 4.78 is 10.0. The van der Waals surface area contributed by atoms with Gasteiger partial charge in [0.25, 0.3) is 0 Å². The molecule has 0 amide bonds. The largest absolute Gasteiger partial charge is 0.394 e. The molecule has 0 aromatic rings. The Morgan fingerprint density at radius 1 is 0.941 bits per heavy atom. The van der Waals surface area contributed by atoms with Crippen LogP contribution in [0.15, 0.2) is 0 Å². The van der Waals surface area contributed by atoms with E-state index in [4.69, 9.17) is 24.8 Å². The van der Waals surface area contributed by atoms with Gasteiger partial charge >= 0.3 is 0 Å². The van der Waals surface area contributed by atoms with Gasteiger partial charge in [-0.1, -0.05) is 0 Å². The lowest BCUT2D eigenvalue weighted by Gasteiger charge is -2.40. The van der Waals surface area contributed by atoms with Crippen molar-refractivity contribution >= 4 is 0 Å². The molecule has 8 heteroatoms. The highest BCUT2D eigenvalue weighted by Crippen LogP contribution is 2.22. The molecule has 1 aliphatic rings. The molecule has 0 bridgehead atoms. The van der Waals surface area contributed by atoms with Crippen LogP contribution in [-0.4, -0.2) is 87.3 Å². The van der Waals surface area contributed by atoms with Crippen molar-refractivity contribution in [3.05, 3.63) is 0 Å². The van der Waals surface area contributed by atoms with E-state index in [0.29, 0.717) is 0 Å².